The number of nitrogens with one attached hydrogen (secondary N) is 1. The van der Waals surface area contributed by atoms with E-state index in [1.54, 1.807) is 0 Å². The molecule has 1 aliphatic rings. The van der Waals surface area contributed by atoms with Crippen LogP contribution in [-0.4, -0.2) is 36.9 Å². The molecule has 1 N–H and O–H groups in total. The minimum Gasteiger partial charge on any atom is -0.381 e. The van der Waals surface area contributed by atoms with E-state index in [-0.39, 0.29) is 35.9 Å². The number of amides is 1. The van der Waals surface area contributed by atoms with Gasteiger partial charge in [0.2, 0.25) is 5.91 Å². The maximum Gasteiger partial charge on any atom is 0.441 e. The van der Waals surface area contributed by atoms with Gasteiger partial charge in [-0.3, -0.25) is 4.79 Å². The van der Waals surface area contributed by atoms with Crippen molar-refractivity contribution in [2.45, 2.75) is 18.3 Å². The van der Waals surface area contributed by atoms with E-state index >= 15 is 0 Å². The highest BCUT2D eigenvalue weighted by Crippen LogP contribution is 2.29. The van der Waals surface area contributed by atoms with E-state index in [0.29, 0.717) is 26.1 Å². The Hall–Kier alpha value is -0.430. The number of thioether (sulfide) groups is 1. The molecule has 1 heterocycles. The normalized spacial score (nSPS) is 18.4. The van der Waals surface area contributed by atoms with Crippen LogP contribution in [0.2, 0.25) is 0 Å². The molecular formula is C9H14F3NO2S. The van der Waals surface area contributed by atoms with Crippen LogP contribution in [-0.2, 0) is 9.53 Å². The maximum absolute atomic E-state index is 11.8. The first kappa shape index (κ1) is 13.6. The van der Waals surface area contributed by atoms with Crippen molar-refractivity contribution in [1.82, 2.24) is 5.32 Å². The fraction of sp³-hybridized carbons (Fsp3) is 0.889. The summed E-state index contributed by atoms with van der Waals surface area (Å²) in [6, 6.07) is 0. The molecule has 0 aliphatic carbocycles. The predicted octanol–water partition coefficient (Wildman–Crippen LogP) is 1.78. The molecule has 0 bridgehead atoms. The minimum atomic E-state index is -4.22. The van der Waals surface area contributed by atoms with E-state index < -0.39 is 5.51 Å². The van der Waals surface area contributed by atoms with Gasteiger partial charge in [-0.1, -0.05) is 0 Å². The number of carbonyl (C=O) groups excluding carboxylic acids is 1. The summed E-state index contributed by atoms with van der Waals surface area (Å²) >= 11 is -0.117. The lowest BCUT2D eigenvalue weighted by molar-refractivity contribution is -0.127. The third-order valence-electron chi connectivity index (χ3n) is 2.26. The van der Waals surface area contributed by atoms with Crippen molar-refractivity contribution in [2.24, 2.45) is 5.92 Å². The van der Waals surface area contributed by atoms with E-state index in [1.165, 1.54) is 0 Å². The molecule has 1 fully saturated rings. The average Bonchev–Trinajstić information content (AvgIpc) is 2.24. The summed E-state index contributed by atoms with van der Waals surface area (Å²) in [4.78, 5) is 11.5. The molecule has 16 heavy (non-hydrogen) atoms. The number of rotatable bonds is 4. The van der Waals surface area contributed by atoms with E-state index in [9.17, 15) is 18.0 Å². The fourth-order valence-electron chi connectivity index (χ4n) is 1.45. The van der Waals surface area contributed by atoms with Crippen LogP contribution in [0.15, 0.2) is 0 Å². The summed E-state index contributed by atoms with van der Waals surface area (Å²) in [5, 5.41) is 2.51. The van der Waals surface area contributed by atoms with Gasteiger partial charge in [-0.2, -0.15) is 13.2 Å². The van der Waals surface area contributed by atoms with E-state index in [0.717, 1.165) is 0 Å². The Balaban J connectivity index is 2.10. The second-order valence-corrected chi connectivity index (χ2v) is 4.63. The van der Waals surface area contributed by atoms with Crippen molar-refractivity contribution >= 4 is 17.7 Å². The van der Waals surface area contributed by atoms with Crippen LogP contribution in [0.5, 0.6) is 0 Å². The zero-order chi connectivity index (χ0) is 12.0. The zero-order valence-electron chi connectivity index (χ0n) is 8.68. The van der Waals surface area contributed by atoms with Gasteiger partial charge in [-0.05, 0) is 24.6 Å². The molecule has 3 nitrogen and oxygen atoms in total. The maximum atomic E-state index is 11.8. The molecule has 0 atom stereocenters. The first-order valence-corrected chi connectivity index (χ1v) is 6.04. The van der Waals surface area contributed by atoms with Crippen LogP contribution >= 0.6 is 11.8 Å². The first-order chi connectivity index (χ1) is 7.49. The van der Waals surface area contributed by atoms with Crippen molar-refractivity contribution in [2.75, 3.05) is 25.5 Å². The average molecular weight is 257 g/mol. The summed E-state index contributed by atoms with van der Waals surface area (Å²) in [5.41, 5.74) is -4.22. The van der Waals surface area contributed by atoms with Crippen LogP contribution in [0.3, 0.4) is 0 Å². The van der Waals surface area contributed by atoms with Crippen molar-refractivity contribution in [3.05, 3.63) is 0 Å². The summed E-state index contributed by atoms with van der Waals surface area (Å²) in [6.07, 6.45) is 1.30. The van der Waals surface area contributed by atoms with Crippen LogP contribution in [0.4, 0.5) is 13.2 Å². The molecule has 1 saturated heterocycles. The molecular weight excluding hydrogens is 243 g/mol. The monoisotopic (exact) mass is 257 g/mol. The van der Waals surface area contributed by atoms with Gasteiger partial charge in [-0.15, -0.1) is 0 Å². The second kappa shape index (κ2) is 6.34. The van der Waals surface area contributed by atoms with Gasteiger partial charge in [0.1, 0.15) is 0 Å². The standard InChI is InChI=1S/C9H14F3NO2S/c10-9(11,12)16-6-3-13-8(14)7-1-4-15-5-2-7/h7H,1-6H2,(H,13,14). The fourth-order valence-corrected chi connectivity index (χ4v) is 1.88. The lowest BCUT2D eigenvalue weighted by Gasteiger charge is -2.21. The van der Waals surface area contributed by atoms with Crippen molar-refractivity contribution in [3.8, 4) is 0 Å². The van der Waals surface area contributed by atoms with E-state index in [2.05, 4.69) is 5.32 Å². The topological polar surface area (TPSA) is 38.3 Å². The summed E-state index contributed by atoms with van der Waals surface area (Å²) in [6.45, 7) is 1.16. The summed E-state index contributed by atoms with van der Waals surface area (Å²) in [7, 11) is 0. The van der Waals surface area contributed by atoms with Crippen LogP contribution in [0.25, 0.3) is 0 Å². The number of ether oxygens (including phenoxy) is 1. The van der Waals surface area contributed by atoms with Gasteiger partial charge in [0.15, 0.2) is 0 Å². The van der Waals surface area contributed by atoms with Crippen molar-refractivity contribution in [3.63, 3.8) is 0 Å². The SMILES string of the molecule is O=C(NCCSC(F)(F)F)C1CCOCC1. The van der Waals surface area contributed by atoms with Gasteiger partial charge in [-0.25, -0.2) is 0 Å². The van der Waals surface area contributed by atoms with Gasteiger partial charge in [0.25, 0.3) is 0 Å². The van der Waals surface area contributed by atoms with Crippen molar-refractivity contribution in [1.29, 1.82) is 0 Å². The Kier molecular flexibility index (Phi) is 5.40. The van der Waals surface area contributed by atoms with E-state index in [1.807, 2.05) is 0 Å². The molecule has 0 unspecified atom stereocenters. The number of hydrogen-bond donors (Lipinski definition) is 1. The Bertz CT molecular complexity index is 229. The smallest absolute Gasteiger partial charge is 0.381 e. The Morgan fingerprint density at radius 1 is 1.38 bits per heavy atom. The second-order valence-electron chi connectivity index (χ2n) is 3.47. The largest absolute Gasteiger partial charge is 0.441 e. The van der Waals surface area contributed by atoms with Crippen molar-refractivity contribution < 1.29 is 22.7 Å². The highest BCUT2D eigenvalue weighted by Gasteiger charge is 2.27. The Labute approximate surface area is 96.1 Å². The third kappa shape index (κ3) is 5.60. The lowest BCUT2D eigenvalue weighted by atomic mass is 10.00. The molecule has 1 rings (SSSR count). The Morgan fingerprint density at radius 2 is 2.00 bits per heavy atom. The molecule has 1 amide bonds. The molecule has 1 aliphatic heterocycles. The quantitative estimate of drug-likeness (QED) is 0.780. The minimum absolute atomic E-state index is 0.0559. The molecule has 0 saturated carbocycles. The van der Waals surface area contributed by atoms with Gasteiger partial charge in [0.05, 0.1) is 0 Å². The van der Waals surface area contributed by atoms with E-state index in [4.69, 9.17) is 4.74 Å². The molecule has 7 heteroatoms. The number of halogens is 3. The highest BCUT2D eigenvalue weighted by molar-refractivity contribution is 8.00. The molecule has 94 valence electrons. The lowest BCUT2D eigenvalue weighted by Crippen LogP contribution is -2.35. The molecule has 0 aromatic carbocycles. The number of carbonyl (C=O) groups is 1. The summed E-state index contributed by atoms with van der Waals surface area (Å²) < 4.78 is 40.4. The van der Waals surface area contributed by atoms with Gasteiger partial charge in [0, 0.05) is 31.4 Å². The number of hydrogen-bond acceptors (Lipinski definition) is 3. The Morgan fingerprint density at radius 3 is 2.56 bits per heavy atom. The zero-order valence-corrected chi connectivity index (χ0v) is 9.50. The predicted molar refractivity (Wildman–Crippen MR) is 55.1 cm³/mol. The highest BCUT2D eigenvalue weighted by atomic mass is 32.2. The molecule has 0 spiro atoms. The summed E-state index contributed by atoms with van der Waals surface area (Å²) in [5.74, 6) is -0.408. The third-order valence-corrected chi connectivity index (χ3v) is 2.99. The van der Waals surface area contributed by atoms with Crippen LogP contribution in [0.1, 0.15) is 12.8 Å². The number of alkyl halides is 3. The molecule has 0 aromatic rings. The van der Waals surface area contributed by atoms with Crippen LogP contribution in [0, 0.1) is 5.92 Å². The van der Waals surface area contributed by atoms with Gasteiger partial charge < -0.3 is 10.1 Å². The van der Waals surface area contributed by atoms with Gasteiger partial charge >= 0.3 is 5.51 Å². The first-order valence-electron chi connectivity index (χ1n) is 5.05. The molecule has 0 aromatic heterocycles. The molecule has 0 radical (unpaired) electrons. The van der Waals surface area contributed by atoms with Crippen LogP contribution < -0.4 is 5.32 Å².